The fourth-order valence-corrected chi connectivity index (χ4v) is 3.04. The molecule has 2 fully saturated rings. The standard InChI is InChI=1S/C14H25NO2/c1-11-7-5-6-10-13(11)17-14(16)15-12-8-3-2-4-9-12/h11-13H,2-10H2,1H3,(H,15,16)/t11-,13+/m1/s1. The molecule has 3 heteroatoms. The summed E-state index contributed by atoms with van der Waals surface area (Å²) < 4.78 is 5.56. The van der Waals surface area contributed by atoms with E-state index in [1.54, 1.807) is 0 Å². The van der Waals surface area contributed by atoms with Crippen molar-refractivity contribution in [2.75, 3.05) is 0 Å². The first-order valence-corrected chi connectivity index (χ1v) is 7.23. The maximum Gasteiger partial charge on any atom is 0.407 e. The molecule has 98 valence electrons. The molecule has 2 atom stereocenters. The van der Waals surface area contributed by atoms with Gasteiger partial charge in [-0.3, -0.25) is 0 Å². The van der Waals surface area contributed by atoms with Gasteiger partial charge in [0.05, 0.1) is 0 Å². The number of rotatable bonds is 2. The minimum absolute atomic E-state index is 0.146. The summed E-state index contributed by atoms with van der Waals surface area (Å²) in [5.41, 5.74) is 0. The van der Waals surface area contributed by atoms with E-state index in [1.807, 2.05) is 0 Å². The number of amides is 1. The highest BCUT2D eigenvalue weighted by molar-refractivity contribution is 5.67. The van der Waals surface area contributed by atoms with Crippen LogP contribution in [0, 0.1) is 5.92 Å². The Kier molecular flexibility index (Phi) is 4.69. The van der Waals surface area contributed by atoms with Crippen molar-refractivity contribution in [3.05, 3.63) is 0 Å². The zero-order chi connectivity index (χ0) is 12.1. The topological polar surface area (TPSA) is 38.3 Å². The highest BCUT2D eigenvalue weighted by Crippen LogP contribution is 2.26. The maximum atomic E-state index is 11.8. The summed E-state index contributed by atoms with van der Waals surface area (Å²) in [6.07, 6.45) is 10.7. The average Bonchev–Trinajstić information content (AvgIpc) is 2.33. The highest BCUT2D eigenvalue weighted by Gasteiger charge is 2.25. The molecule has 2 rings (SSSR count). The first-order valence-electron chi connectivity index (χ1n) is 7.23. The van der Waals surface area contributed by atoms with E-state index in [4.69, 9.17) is 4.74 Å². The van der Waals surface area contributed by atoms with Gasteiger partial charge in [0.2, 0.25) is 0 Å². The van der Waals surface area contributed by atoms with Gasteiger partial charge in [0.15, 0.2) is 0 Å². The van der Waals surface area contributed by atoms with Crippen LogP contribution in [0.15, 0.2) is 0 Å². The van der Waals surface area contributed by atoms with Crippen molar-refractivity contribution < 1.29 is 9.53 Å². The molecule has 0 aromatic heterocycles. The third-order valence-electron chi connectivity index (χ3n) is 4.22. The fourth-order valence-electron chi connectivity index (χ4n) is 3.04. The van der Waals surface area contributed by atoms with Crippen LogP contribution < -0.4 is 5.32 Å². The van der Waals surface area contributed by atoms with Crippen molar-refractivity contribution in [3.8, 4) is 0 Å². The van der Waals surface area contributed by atoms with Gasteiger partial charge in [0.25, 0.3) is 0 Å². The van der Waals surface area contributed by atoms with E-state index in [0.717, 1.165) is 19.3 Å². The highest BCUT2D eigenvalue weighted by atomic mass is 16.6. The molecule has 0 saturated heterocycles. The van der Waals surface area contributed by atoms with E-state index < -0.39 is 0 Å². The number of hydrogen-bond acceptors (Lipinski definition) is 2. The minimum Gasteiger partial charge on any atom is -0.446 e. The summed E-state index contributed by atoms with van der Waals surface area (Å²) in [6.45, 7) is 2.19. The Labute approximate surface area is 104 Å². The van der Waals surface area contributed by atoms with Gasteiger partial charge in [-0.15, -0.1) is 0 Å². The predicted molar refractivity (Wildman–Crippen MR) is 67.9 cm³/mol. The summed E-state index contributed by atoms with van der Waals surface area (Å²) in [6, 6.07) is 0.357. The Morgan fingerprint density at radius 3 is 2.35 bits per heavy atom. The van der Waals surface area contributed by atoms with Crippen molar-refractivity contribution in [2.45, 2.75) is 76.9 Å². The molecular weight excluding hydrogens is 214 g/mol. The van der Waals surface area contributed by atoms with Crippen LogP contribution in [0.1, 0.15) is 64.7 Å². The van der Waals surface area contributed by atoms with Gasteiger partial charge < -0.3 is 10.1 Å². The Morgan fingerprint density at radius 1 is 1.00 bits per heavy atom. The van der Waals surface area contributed by atoms with Crippen LogP contribution in [-0.2, 0) is 4.74 Å². The summed E-state index contributed by atoms with van der Waals surface area (Å²) >= 11 is 0. The van der Waals surface area contributed by atoms with Crippen molar-refractivity contribution in [2.24, 2.45) is 5.92 Å². The Hall–Kier alpha value is -0.730. The number of nitrogens with one attached hydrogen (secondary N) is 1. The third-order valence-corrected chi connectivity index (χ3v) is 4.22. The van der Waals surface area contributed by atoms with Gasteiger partial charge in [-0.2, -0.15) is 0 Å². The van der Waals surface area contributed by atoms with Gasteiger partial charge in [-0.05, 0) is 38.0 Å². The largest absolute Gasteiger partial charge is 0.446 e. The second-order valence-electron chi connectivity index (χ2n) is 5.68. The molecule has 0 heterocycles. The molecule has 2 aliphatic carbocycles. The Bertz CT molecular complexity index is 249. The molecule has 0 aromatic rings. The van der Waals surface area contributed by atoms with Gasteiger partial charge in [-0.25, -0.2) is 4.79 Å². The fraction of sp³-hybridized carbons (Fsp3) is 0.929. The lowest BCUT2D eigenvalue weighted by Gasteiger charge is -2.30. The molecule has 0 radical (unpaired) electrons. The molecule has 0 bridgehead atoms. The van der Waals surface area contributed by atoms with Gasteiger partial charge >= 0.3 is 6.09 Å². The van der Waals surface area contributed by atoms with Gasteiger partial charge in [0.1, 0.15) is 6.10 Å². The van der Waals surface area contributed by atoms with Crippen LogP contribution in [0.4, 0.5) is 4.79 Å². The summed E-state index contributed by atoms with van der Waals surface area (Å²) in [7, 11) is 0. The second kappa shape index (κ2) is 6.27. The molecule has 1 amide bonds. The van der Waals surface area contributed by atoms with Crippen molar-refractivity contribution in [1.82, 2.24) is 5.32 Å². The van der Waals surface area contributed by atoms with Crippen LogP contribution in [0.3, 0.4) is 0 Å². The smallest absolute Gasteiger partial charge is 0.407 e. The normalized spacial score (nSPS) is 30.9. The molecule has 2 aliphatic rings. The number of carbonyl (C=O) groups is 1. The lowest BCUT2D eigenvalue weighted by molar-refractivity contribution is 0.0408. The lowest BCUT2D eigenvalue weighted by Crippen LogP contribution is -2.40. The number of alkyl carbamates (subject to hydrolysis) is 1. The average molecular weight is 239 g/mol. The molecule has 0 spiro atoms. The van der Waals surface area contributed by atoms with Crippen LogP contribution in [0.2, 0.25) is 0 Å². The zero-order valence-corrected chi connectivity index (χ0v) is 10.9. The van der Waals surface area contributed by atoms with Gasteiger partial charge in [0, 0.05) is 6.04 Å². The molecular formula is C14H25NO2. The SMILES string of the molecule is C[C@@H]1CCCC[C@@H]1OC(=O)NC1CCCCC1. The molecule has 17 heavy (non-hydrogen) atoms. The van der Waals surface area contributed by atoms with E-state index in [9.17, 15) is 4.79 Å². The van der Waals surface area contributed by atoms with E-state index in [0.29, 0.717) is 12.0 Å². The number of carbonyl (C=O) groups excluding carboxylic acids is 1. The number of ether oxygens (including phenoxy) is 1. The van der Waals surface area contributed by atoms with Crippen molar-refractivity contribution >= 4 is 6.09 Å². The van der Waals surface area contributed by atoms with Crippen LogP contribution in [0.5, 0.6) is 0 Å². The van der Waals surface area contributed by atoms with Gasteiger partial charge in [-0.1, -0.05) is 32.6 Å². The van der Waals surface area contributed by atoms with E-state index >= 15 is 0 Å². The Morgan fingerprint density at radius 2 is 1.65 bits per heavy atom. The zero-order valence-electron chi connectivity index (χ0n) is 10.9. The summed E-state index contributed by atoms with van der Waals surface area (Å²) in [5.74, 6) is 0.529. The summed E-state index contributed by atoms with van der Waals surface area (Å²) in [5, 5.41) is 3.03. The van der Waals surface area contributed by atoms with E-state index in [2.05, 4.69) is 12.2 Å². The minimum atomic E-state index is -0.185. The van der Waals surface area contributed by atoms with Crippen LogP contribution >= 0.6 is 0 Å². The monoisotopic (exact) mass is 239 g/mol. The predicted octanol–water partition coefficient (Wildman–Crippen LogP) is 3.62. The van der Waals surface area contributed by atoms with Crippen molar-refractivity contribution in [1.29, 1.82) is 0 Å². The first kappa shape index (κ1) is 12.7. The molecule has 3 nitrogen and oxygen atoms in total. The molecule has 0 aliphatic heterocycles. The lowest BCUT2D eigenvalue weighted by atomic mass is 9.88. The third kappa shape index (κ3) is 3.90. The quantitative estimate of drug-likeness (QED) is 0.799. The maximum absolute atomic E-state index is 11.8. The first-order chi connectivity index (χ1) is 8.25. The van der Waals surface area contributed by atoms with E-state index in [-0.39, 0.29) is 12.2 Å². The van der Waals surface area contributed by atoms with Crippen LogP contribution in [-0.4, -0.2) is 18.2 Å². The van der Waals surface area contributed by atoms with E-state index in [1.165, 1.54) is 38.5 Å². The molecule has 0 aromatic carbocycles. The molecule has 0 unspecified atom stereocenters. The number of hydrogen-bond donors (Lipinski definition) is 1. The molecule has 1 N–H and O–H groups in total. The van der Waals surface area contributed by atoms with Crippen LogP contribution in [0.25, 0.3) is 0 Å². The summed E-state index contributed by atoms with van der Waals surface area (Å²) in [4.78, 5) is 11.8. The molecule has 2 saturated carbocycles. The van der Waals surface area contributed by atoms with Crippen molar-refractivity contribution in [3.63, 3.8) is 0 Å². The Balaban J connectivity index is 1.72. The second-order valence-corrected chi connectivity index (χ2v) is 5.68.